The zero-order valence-corrected chi connectivity index (χ0v) is 17.4. The van der Waals surface area contributed by atoms with Crippen molar-refractivity contribution >= 4 is 17.7 Å². The van der Waals surface area contributed by atoms with Gasteiger partial charge in [0.2, 0.25) is 5.89 Å². The maximum absolute atomic E-state index is 12.3. The van der Waals surface area contributed by atoms with Crippen LogP contribution in [0.3, 0.4) is 0 Å². The summed E-state index contributed by atoms with van der Waals surface area (Å²) in [5, 5.41) is 13.6. The third kappa shape index (κ3) is 4.07. The maximum Gasteiger partial charge on any atom is 0.341 e. The Kier molecular flexibility index (Phi) is 5.99. The van der Waals surface area contributed by atoms with Gasteiger partial charge in [-0.05, 0) is 31.2 Å². The van der Waals surface area contributed by atoms with Crippen LogP contribution in [0.1, 0.15) is 65.3 Å². The molecule has 1 unspecified atom stereocenters. The lowest BCUT2D eigenvalue weighted by molar-refractivity contribution is 0.0598. The lowest BCUT2D eigenvalue weighted by Crippen LogP contribution is -2.14. The van der Waals surface area contributed by atoms with E-state index in [1.165, 1.54) is 18.9 Å². The number of hydrogen-bond acceptors (Lipinski definition) is 7. The summed E-state index contributed by atoms with van der Waals surface area (Å²) in [6.45, 7) is 2.94. The van der Waals surface area contributed by atoms with E-state index in [0.29, 0.717) is 28.1 Å². The first kappa shape index (κ1) is 19.7. The second-order valence-electron chi connectivity index (χ2n) is 7.01. The van der Waals surface area contributed by atoms with Gasteiger partial charge in [-0.2, -0.15) is 5.10 Å². The molecule has 8 heteroatoms. The van der Waals surface area contributed by atoms with Gasteiger partial charge in [-0.1, -0.05) is 49.0 Å². The Balaban J connectivity index is 1.52. The van der Waals surface area contributed by atoms with Crippen LogP contribution in [0.25, 0.3) is 0 Å². The zero-order chi connectivity index (χ0) is 20.2. The summed E-state index contributed by atoms with van der Waals surface area (Å²) in [6.07, 6.45) is 3.86. The van der Waals surface area contributed by atoms with Gasteiger partial charge in [0, 0.05) is 12.3 Å². The van der Waals surface area contributed by atoms with Crippen LogP contribution >= 0.6 is 11.8 Å². The SMILES string of the molecule is CCC(c1ccccc1)c1nnc(SCc2nn3c(c2C(=O)OC)CCCC3)o1. The molecule has 0 amide bonds. The highest BCUT2D eigenvalue weighted by Gasteiger charge is 2.26. The molecule has 0 N–H and O–H groups in total. The summed E-state index contributed by atoms with van der Waals surface area (Å²) >= 11 is 1.40. The molecule has 7 nitrogen and oxygen atoms in total. The summed E-state index contributed by atoms with van der Waals surface area (Å²) in [5.74, 6) is 0.834. The average molecular weight is 413 g/mol. The first-order valence-corrected chi connectivity index (χ1v) is 10.9. The minimum Gasteiger partial charge on any atom is -0.465 e. The molecule has 0 aliphatic carbocycles. The molecule has 1 atom stereocenters. The number of nitrogens with zero attached hydrogens (tertiary/aromatic N) is 4. The topological polar surface area (TPSA) is 83.0 Å². The van der Waals surface area contributed by atoms with E-state index in [4.69, 9.17) is 9.15 Å². The van der Waals surface area contributed by atoms with Gasteiger partial charge < -0.3 is 9.15 Å². The minimum atomic E-state index is -0.329. The number of fused-ring (bicyclic) bond motifs is 1. The van der Waals surface area contributed by atoms with Gasteiger partial charge in [0.1, 0.15) is 5.56 Å². The van der Waals surface area contributed by atoms with Crippen molar-refractivity contribution in [1.29, 1.82) is 0 Å². The fourth-order valence-corrected chi connectivity index (χ4v) is 4.48. The van der Waals surface area contributed by atoms with Gasteiger partial charge in [-0.3, -0.25) is 4.68 Å². The van der Waals surface area contributed by atoms with E-state index in [-0.39, 0.29) is 11.9 Å². The van der Waals surface area contributed by atoms with Crippen molar-refractivity contribution in [3.05, 3.63) is 58.7 Å². The molecule has 1 aliphatic rings. The summed E-state index contributed by atoms with van der Waals surface area (Å²) < 4.78 is 12.9. The minimum absolute atomic E-state index is 0.0728. The molecule has 0 radical (unpaired) electrons. The van der Waals surface area contributed by atoms with Gasteiger partial charge in [0.05, 0.1) is 24.4 Å². The Labute approximate surface area is 173 Å². The molecule has 2 aromatic heterocycles. The first-order chi connectivity index (χ1) is 14.2. The number of aryl methyl sites for hydroxylation is 1. The van der Waals surface area contributed by atoms with Crippen LogP contribution in [0.15, 0.2) is 40.0 Å². The normalized spacial score (nSPS) is 14.4. The molecule has 0 saturated heterocycles. The second kappa shape index (κ2) is 8.82. The van der Waals surface area contributed by atoms with E-state index in [0.717, 1.165) is 43.5 Å². The number of carbonyl (C=O) groups is 1. The number of methoxy groups -OCH3 is 1. The number of thioether (sulfide) groups is 1. The zero-order valence-electron chi connectivity index (χ0n) is 16.6. The summed E-state index contributed by atoms with van der Waals surface area (Å²) in [4.78, 5) is 12.3. The summed E-state index contributed by atoms with van der Waals surface area (Å²) in [6, 6.07) is 10.2. The van der Waals surface area contributed by atoms with Gasteiger partial charge in [-0.25, -0.2) is 4.79 Å². The molecule has 0 fully saturated rings. The molecule has 1 aromatic carbocycles. The largest absolute Gasteiger partial charge is 0.465 e. The monoisotopic (exact) mass is 412 g/mol. The van der Waals surface area contributed by atoms with Crippen molar-refractivity contribution in [2.75, 3.05) is 7.11 Å². The van der Waals surface area contributed by atoms with Gasteiger partial charge >= 0.3 is 5.97 Å². The van der Waals surface area contributed by atoms with Crippen LogP contribution in [0, 0.1) is 0 Å². The smallest absolute Gasteiger partial charge is 0.341 e. The number of rotatable bonds is 7. The first-order valence-electron chi connectivity index (χ1n) is 9.89. The van der Waals surface area contributed by atoms with Gasteiger partial charge in [0.25, 0.3) is 5.22 Å². The van der Waals surface area contributed by atoms with Crippen molar-refractivity contribution in [2.24, 2.45) is 0 Å². The molecule has 1 aliphatic heterocycles. The number of aromatic nitrogens is 4. The van der Waals surface area contributed by atoms with Crippen LogP contribution in [-0.4, -0.2) is 33.1 Å². The van der Waals surface area contributed by atoms with Crippen LogP contribution in [-0.2, 0) is 23.5 Å². The Hall–Kier alpha value is -2.61. The average Bonchev–Trinajstić information content (AvgIpc) is 3.37. The second-order valence-corrected chi connectivity index (χ2v) is 7.93. The quantitative estimate of drug-likeness (QED) is 0.424. The number of carbonyl (C=O) groups excluding carboxylic acids is 1. The van der Waals surface area contributed by atoms with Crippen LogP contribution in [0.5, 0.6) is 0 Å². The highest BCUT2D eigenvalue weighted by atomic mass is 32.2. The predicted molar refractivity (Wildman–Crippen MR) is 109 cm³/mol. The lowest BCUT2D eigenvalue weighted by Gasteiger charge is -2.13. The van der Waals surface area contributed by atoms with E-state index in [9.17, 15) is 4.79 Å². The number of ether oxygens (including phenoxy) is 1. The predicted octanol–water partition coefficient (Wildman–Crippen LogP) is 4.22. The molecular weight excluding hydrogens is 388 g/mol. The van der Waals surface area contributed by atoms with Crippen molar-refractivity contribution in [3.63, 3.8) is 0 Å². The Morgan fingerprint density at radius 1 is 1.28 bits per heavy atom. The number of esters is 1. The van der Waals surface area contributed by atoms with Crippen molar-refractivity contribution in [2.45, 2.75) is 56.0 Å². The summed E-state index contributed by atoms with van der Waals surface area (Å²) in [7, 11) is 1.41. The van der Waals surface area contributed by atoms with Crippen molar-refractivity contribution in [1.82, 2.24) is 20.0 Å². The standard InChI is InChI=1S/C21H24N4O3S/c1-3-15(14-9-5-4-6-10-14)19-22-23-21(28-19)29-13-16-18(20(26)27-2)17-11-7-8-12-25(17)24-16/h4-6,9-10,15H,3,7-8,11-13H2,1-2H3. The van der Waals surface area contributed by atoms with E-state index >= 15 is 0 Å². The van der Waals surface area contributed by atoms with E-state index < -0.39 is 0 Å². The third-order valence-electron chi connectivity index (χ3n) is 5.22. The van der Waals surface area contributed by atoms with Gasteiger partial charge in [0.15, 0.2) is 0 Å². The molecule has 4 rings (SSSR count). The van der Waals surface area contributed by atoms with E-state index in [2.05, 4.69) is 34.4 Å². The van der Waals surface area contributed by atoms with Crippen LogP contribution in [0.2, 0.25) is 0 Å². The molecule has 3 heterocycles. The van der Waals surface area contributed by atoms with Crippen LogP contribution in [0.4, 0.5) is 0 Å². The maximum atomic E-state index is 12.3. The van der Waals surface area contributed by atoms with Crippen LogP contribution < -0.4 is 0 Å². The highest BCUT2D eigenvalue weighted by molar-refractivity contribution is 7.98. The Bertz CT molecular complexity index is 983. The fourth-order valence-electron chi connectivity index (χ4n) is 3.77. The molecule has 0 bridgehead atoms. The van der Waals surface area contributed by atoms with E-state index in [1.54, 1.807) is 0 Å². The Morgan fingerprint density at radius 3 is 2.86 bits per heavy atom. The van der Waals surface area contributed by atoms with Crippen molar-refractivity contribution in [3.8, 4) is 0 Å². The Morgan fingerprint density at radius 2 is 2.10 bits per heavy atom. The number of benzene rings is 1. The molecule has 29 heavy (non-hydrogen) atoms. The van der Waals surface area contributed by atoms with Crippen molar-refractivity contribution < 1.29 is 13.9 Å². The molecule has 152 valence electrons. The van der Waals surface area contributed by atoms with E-state index in [1.807, 2.05) is 22.9 Å². The molecular formula is C21H24N4O3S. The molecule has 0 spiro atoms. The fraction of sp³-hybridized carbons (Fsp3) is 0.429. The molecule has 3 aromatic rings. The van der Waals surface area contributed by atoms with Gasteiger partial charge in [-0.15, -0.1) is 10.2 Å². The molecule has 0 saturated carbocycles. The summed E-state index contributed by atoms with van der Waals surface area (Å²) in [5.41, 5.74) is 3.44. The lowest BCUT2D eigenvalue weighted by atomic mass is 9.97. The number of hydrogen-bond donors (Lipinski definition) is 0. The third-order valence-corrected chi connectivity index (χ3v) is 6.05. The highest BCUT2D eigenvalue weighted by Crippen LogP contribution is 2.31.